The zero-order valence-electron chi connectivity index (χ0n) is 10.9. The van der Waals surface area contributed by atoms with Crippen molar-refractivity contribution in [3.63, 3.8) is 0 Å². The minimum atomic E-state index is 0.122. The van der Waals surface area contributed by atoms with E-state index in [0.29, 0.717) is 13.0 Å². The van der Waals surface area contributed by atoms with Crippen molar-refractivity contribution in [2.45, 2.75) is 19.0 Å². The van der Waals surface area contributed by atoms with Crippen molar-refractivity contribution in [1.29, 1.82) is 0 Å². The average Bonchev–Trinajstić information content (AvgIpc) is 3.18. The standard InChI is InChI=1S/C12H15N5OS2/c18-11(1-3-16-9-13-8-15-16)17-4-6-19-7-10(17)12-14-2-5-20-12/h2,5,8-10H,1,3-4,6-7H2/t10-/m1/s1. The maximum absolute atomic E-state index is 12.4. The van der Waals surface area contributed by atoms with Crippen LogP contribution in [0.4, 0.5) is 0 Å². The van der Waals surface area contributed by atoms with Crippen LogP contribution in [0.1, 0.15) is 17.5 Å². The highest BCUT2D eigenvalue weighted by atomic mass is 32.2. The summed E-state index contributed by atoms with van der Waals surface area (Å²) in [6.07, 6.45) is 5.38. The van der Waals surface area contributed by atoms with E-state index in [4.69, 9.17) is 0 Å². The Kier molecular flexibility index (Phi) is 4.31. The van der Waals surface area contributed by atoms with Gasteiger partial charge in [-0.2, -0.15) is 16.9 Å². The first-order valence-electron chi connectivity index (χ1n) is 6.43. The van der Waals surface area contributed by atoms with Crippen molar-refractivity contribution in [2.75, 3.05) is 18.1 Å². The highest BCUT2D eigenvalue weighted by molar-refractivity contribution is 7.99. The van der Waals surface area contributed by atoms with Crippen molar-refractivity contribution in [2.24, 2.45) is 0 Å². The van der Waals surface area contributed by atoms with Crippen LogP contribution in [0.2, 0.25) is 0 Å². The molecule has 20 heavy (non-hydrogen) atoms. The fraction of sp³-hybridized carbons (Fsp3) is 0.500. The van der Waals surface area contributed by atoms with Gasteiger partial charge in [-0.25, -0.2) is 9.97 Å². The molecule has 2 aromatic heterocycles. The minimum Gasteiger partial charge on any atom is -0.331 e. The third kappa shape index (κ3) is 3.01. The summed E-state index contributed by atoms with van der Waals surface area (Å²) in [7, 11) is 0. The molecule has 6 nitrogen and oxygen atoms in total. The number of carbonyl (C=O) groups is 1. The number of aromatic nitrogens is 4. The molecule has 2 aromatic rings. The van der Waals surface area contributed by atoms with Gasteiger partial charge in [0.05, 0.1) is 12.6 Å². The Balaban J connectivity index is 1.65. The molecule has 106 valence electrons. The lowest BCUT2D eigenvalue weighted by Gasteiger charge is -2.34. The summed E-state index contributed by atoms with van der Waals surface area (Å²) in [6, 6.07) is 0.122. The van der Waals surface area contributed by atoms with Crippen LogP contribution in [0, 0.1) is 0 Å². The number of hydrogen-bond donors (Lipinski definition) is 0. The molecule has 1 atom stereocenters. The normalized spacial score (nSPS) is 19.2. The lowest BCUT2D eigenvalue weighted by Crippen LogP contribution is -2.41. The van der Waals surface area contributed by atoms with Gasteiger partial charge < -0.3 is 4.90 Å². The molecule has 1 aliphatic heterocycles. The van der Waals surface area contributed by atoms with Crippen molar-refractivity contribution in [3.05, 3.63) is 29.2 Å². The van der Waals surface area contributed by atoms with E-state index in [1.807, 2.05) is 22.0 Å². The number of aryl methyl sites for hydroxylation is 1. The SMILES string of the molecule is O=C(CCn1cncn1)N1CCSC[C@@H]1c1nccs1. The predicted molar refractivity (Wildman–Crippen MR) is 78.5 cm³/mol. The van der Waals surface area contributed by atoms with Crippen molar-refractivity contribution in [1.82, 2.24) is 24.6 Å². The molecule has 0 radical (unpaired) electrons. The van der Waals surface area contributed by atoms with Crippen LogP contribution in [0.3, 0.4) is 0 Å². The van der Waals surface area contributed by atoms with Crippen LogP contribution in [0.25, 0.3) is 0 Å². The van der Waals surface area contributed by atoms with E-state index in [9.17, 15) is 4.79 Å². The summed E-state index contributed by atoms with van der Waals surface area (Å²) < 4.78 is 1.69. The van der Waals surface area contributed by atoms with E-state index in [-0.39, 0.29) is 11.9 Å². The number of nitrogens with zero attached hydrogens (tertiary/aromatic N) is 5. The van der Waals surface area contributed by atoms with E-state index in [0.717, 1.165) is 23.1 Å². The topological polar surface area (TPSA) is 63.9 Å². The van der Waals surface area contributed by atoms with Crippen LogP contribution in [0.5, 0.6) is 0 Å². The molecule has 0 aromatic carbocycles. The maximum atomic E-state index is 12.4. The number of thiazole rings is 1. The summed E-state index contributed by atoms with van der Waals surface area (Å²) in [4.78, 5) is 22.6. The van der Waals surface area contributed by atoms with Crippen molar-refractivity contribution < 1.29 is 4.79 Å². The Morgan fingerprint density at radius 3 is 3.20 bits per heavy atom. The molecule has 0 unspecified atom stereocenters. The van der Waals surface area contributed by atoms with Gasteiger partial charge in [-0.3, -0.25) is 9.48 Å². The van der Waals surface area contributed by atoms with Crippen LogP contribution in [-0.2, 0) is 11.3 Å². The lowest BCUT2D eigenvalue weighted by molar-refractivity contribution is -0.133. The molecule has 8 heteroatoms. The number of amides is 1. The third-order valence-corrected chi connectivity index (χ3v) is 5.11. The second-order valence-electron chi connectivity index (χ2n) is 4.46. The molecule has 0 aliphatic carbocycles. The van der Waals surface area contributed by atoms with Gasteiger partial charge >= 0.3 is 0 Å². The number of carbonyl (C=O) groups excluding carboxylic acids is 1. The molecular formula is C12H15N5OS2. The van der Waals surface area contributed by atoms with E-state index in [1.54, 1.807) is 28.5 Å². The van der Waals surface area contributed by atoms with Gasteiger partial charge in [0.1, 0.15) is 17.7 Å². The Morgan fingerprint density at radius 2 is 2.45 bits per heavy atom. The van der Waals surface area contributed by atoms with Gasteiger partial charge in [-0.05, 0) is 0 Å². The van der Waals surface area contributed by atoms with Crippen LogP contribution < -0.4 is 0 Å². The van der Waals surface area contributed by atoms with E-state index in [1.165, 1.54) is 6.33 Å². The Bertz CT molecular complexity index is 542. The second kappa shape index (κ2) is 6.36. The fourth-order valence-corrected chi connectivity index (χ4v) is 4.12. The van der Waals surface area contributed by atoms with E-state index in [2.05, 4.69) is 15.1 Å². The van der Waals surface area contributed by atoms with Gasteiger partial charge in [-0.1, -0.05) is 0 Å². The predicted octanol–water partition coefficient (Wildman–Crippen LogP) is 1.44. The van der Waals surface area contributed by atoms with Gasteiger partial charge in [0.2, 0.25) is 5.91 Å². The molecule has 0 saturated carbocycles. The van der Waals surface area contributed by atoms with E-state index < -0.39 is 0 Å². The molecule has 1 amide bonds. The zero-order valence-corrected chi connectivity index (χ0v) is 12.5. The second-order valence-corrected chi connectivity index (χ2v) is 6.53. The number of rotatable bonds is 4. The zero-order chi connectivity index (χ0) is 13.8. The molecule has 1 saturated heterocycles. The average molecular weight is 309 g/mol. The molecular weight excluding hydrogens is 294 g/mol. The summed E-state index contributed by atoms with van der Waals surface area (Å²) in [5, 5.41) is 7.02. The summed E-state index contributed by atoms with van der Waals surface area (Å²) in [5.74, 6) is 2.10. The van der Waals surface area contributed by atoms with Gasteiger partial charge in [0.25, 0.3) is 0 Å². The van der Waals surface area contributed by atoms with E-state index >= 15 is 0 Å². The maximum Gasteiger partial charge on any atom is 0.225 e. The van der Waals surface area contributed by atoms with Gasteiger partial charge in [0, 0.05) is 36.0 Å². The Hall–Kier alpha value is -1.41. The van der Waals surface area contributed by atoms with Crippen LogP contribution in [-0.4, -0.2) is 48.6 Å². The Labute approximate surface area is 125 Å². The van der Waals surface area contributed by atoms with Crippen molar-refractivity contribution >= 4 is 29.0 Å². The Morgan fingerprint density at radius 1 is 1.50 bits per heavy atom. The summed E-state index contributed by atoms with van der Waals surface area (Å²) >= 11 is 3.50. The van der Waals surface area contributed by atoms with Crippen molar-refractivity contribution in [3.8, 4) is 0 Å². The monoisotopic (exact) mass is 309 g/mol. The van der Waals surface area contributed by atoms with Gasteiger partial charge in [-0.15, -0.1) is 11.3 Å². The smallest absolute Gasteiger partial charge is 0.225 e. The third-order valence-electron chi connectivity index (χ3n) is 3.21. The molecule has 0 bridgehead atoms. The molecule has 3 rings (SSSR count). The lowest BCUT2D eigenvalue weighted by atomic mass is 10.2. The molecule has 1 aliphatic rings. The summed E-state index contributed by atoms with van der Waals surface area (Å²) in [5.41, 5.74) is 0. The number of thioether (sulfide) groups is 1. The van der Waals surface area contributed by atoms with Crippen LogP contribution in [0.15, 0.2) is 24.2 Å². The first kappa shape index (κ1) is 13.6. The molecule has 1 fully saturated rings. The highest BCUT2D eigenvalue weighted by Gasteiger charge is 2.29. The molecule has 3 heterocycles. The quantitative estimate of drug-likeness (QED) is 0.855. The number of hydrogen-bond acceptors (Lipinski definition) is 6. The molecule has 0 N–H and O–H groups in total. The minimum absolute atomic E-state index is 0.122. The fourth-order valence-electron chi connectivity index (χ4n) is 2.21. The van der Waals surface area contributed by atoms with Crippen LogP contribution >= 0.6 is 23.1 Å². The summed E-state index contributed by atoms with van der Waals surface area (Å²) in [6.45, 7) is 1.37. The first-order chi connectivity index (χ1) is 9.84. The molecule has 0 spiro atoms. The largest absolute Gasteiger partial charge is 0.331 e. The first-order valence-corrected chi connectivity index (χ1v) is 8.47. The van der Waals surface area contributed by atoms with Gasteiger partial charge in [0.15, 0.2) is 0 Å². The highest BCUT2D eigenvalue weighted by Crippen LogP contribution is 2.31.